The van der Waals surface area contributed by atoms with E-state index >= 15 is 0 Å². The van der Waals surface area contributed by atoms with Crippen molar-refractivity contribution >= 4 is 22.9 Å². The van der Waals surface area contributed by atoms with Crippen molar-refractivity contribution in [2.45, 2.75) is 33.7 Å². The first-order chi connectivity index (χ1) is 10.8. The number of rotatable bonds is 5. The molecule has 0 aromatic carbocycles. The van der Waals surface area contributed by atoms with Crippen LogP contribution in [0, 0.1) is 0 Å². The lowest BCUT2D eigenvalue weighted by Crippen LogP contribution is -2.38. The minimum Gasteiger partial charge on any atom is -0.343 e. The maximum atomic E-state index is 12.6. The minimum atomic E-state index is -0.541. The summed E-state index contributed by atoms with van der Waals surface area (Å²) >= 11 is 0. The summed E-state index contributed by atoms with van der Waals surface area (Å²) in [4.78, 5) is 43.2. The molecule has 0 saturated carbocycles. The quantitative estimate of drug-likeness (QED) is 0.797. The molecule has 8 nitrogen and oxygen atoms in total. The summed E-state index contributed by atoms with van der Waals surface area (Å²) in [6, 6.07) is -0.541. The van der Waals surface area contributed by atoms with Crippen molar-refractivity contribution < 1.29 is 4.79 Å². The van der Waals surface area contributed by atoms with Crippen LogP contribution in [0.1, 0.15) is 33.7 Å². The van der Waals surface area contributed by atoms with Gasteiger partial charge in [0.2, 0.25) is 5.95 Å². The smallest absolute Gasteiger partial charge is 0.332 e. The molecule has 0 aliphatic heterocycles. The number of aryl methyl sites for hydroxylation is 1. The van der Waals surface area contributed by atoms with Crippen LogP contribution in [-0.4, -0.2) is 37.6 Å². The maximum Gasteiger partial charge on any atom is 0.332 e. The molecule has 0 saturated heterocycles. The number of aromatic nitrogens is 4. The number of fused-ring (bicyclic) bond motifs is 1. The first-order valence-electron chi connectivity index (χ1n) is 7.69. The molecule has 126 valence electrons. The summed E-state index contributed by atoms with van der Waals surface area (Å²) in [6.45, 7) is 8.53. The Labute approximate surface area is 134 Å². The van der Waals surface area contributed by atoms with Gasteiger partial charge < -0.3 is 4.90 Å². The Morgan fingerprint density at radius 3 is 2.22 bits per heavy atom. The zero-order valence-corrected chi connectivity index (χ0v) is 14.5. The summed E-state index contributed by atoms with van der Waals surface area (Å²) in [5.74, 6) is 0.458. The summed E-state index contributed by atoms with van der Waals surface area (Å²) in [7, 11) is 3.00. The van der Waals surface area contributed by atoms with Gasteiger partial charge in [-0.1, -0.05) is 0 Å². The highest BCUT2D eigenvalue weighted by molar-refractivity contribution is 5.84. The number of carbonyl (C=O) groups is 1. The molecule has 0 N–H and O–H groups in total. The number of imidazole rings is 1. The molecular formula is C15H23N5O3. The van der Waals surface area contributed by atoms with Crippen molar-refractivity contribution in [3.63, 3.8) is 0 Å². The monoisotopic (exact) mass is 321 g/mol. The average Bonchev–Trinajstić information content (AvgIpc) is 2.91. The highest BCUT2D eigenvalue weighted by atomic mass is 16.2. The van der Waals surface area contributed by atoms with E-state index in [9.17, 15) is 14.4 Å². The number of anilines is 1. The van der Waals surface area contributed by atoms with E-state index in [1.165, 1.54) is 18.5 Å². The van der Waals surface area contributed by atoms with E-state index in [2.05, 4.69) is 4.98 Å². The molecule has 0 amide bonds. The van der Waals surface area contributed by atoms with Crippen LogP contribution in [0.3, 0.4) is 0 Å². The second kappa shape index (κ2) is 6.02. The summed E-state index contributed by atoms with van der Waals surface area (Å²) in [5.41, 5.74) is -0.303. The van der Waals surface area contributed by atoms with Gasteiger partial charge in [0, 0.05) is 27.2 Å². The normalized spacial score (nSPS) is 12.6. The molecular weight excluding hydrogens is 298 g/mol. The first kappa shape index (κ1) is 17.0. The Balaban J connectivity index is 3.03. The van der Waals surface area contributed by atoms with Gasteiger partial charge >= 0.3 is 5.69 Å². The van der Waals surface area contributed by atoms with Crippen LogP contribution in [0.4, 0.5) is 5.95 Å². The van der Waals surface area contributed by atoms with Crippen LogP contribution in [0.25, 0.3) is 11.2 Å². The second-order valence-electron chi connectivity index (χ2n) is 5.62. The highest BCUT2D eigenvalue weighted by Gasteiger charge is 2.26. The fourth-order valence-electron chi connectivity index (χ4n) is 2.68. The largest absolute Gasteiger partial charge is 0.343 e. The Bertz CT molecular complexity index is 870. The van der Waals surface area contributed by atoms with E-state index in [1.807, 2.05) is 18.7 Å². The van der Waals surface area contributed by atoms with Crippen molar-refractivity contribution in [3.05, 3.63) is 20.8 Å². The number of hydrogen-bond donors (Lipinski definition) is 0. The van der Waals surface area contributed by atoms with Crippen molar-refractivity contribution in [3.8, 4) is 0 Å². The second-order valence-corrected chi connectivity index (χ2v) is 5.62. The third kappa shape index (κ3) is 2.47. The van der Waals surface area contributed by atoms with Gasteiger partial charge in [-0.25, -0.2) is 4.79 Å². The van der Waals surface area contributed by atoms with Crippen LogP contribution in [-0.2, 0) is 18.9 Å². The number of ketones is 1. The van der Waals surface area contributed by atoms with Crippen LogP contribution >= 0.6 is 0 Å². The molecule has 23 heavy (non-hydrogen) atoms. The van der Waals surface area contributed by atoms with E-state index in [1.54, 1.807) is 18.5 Å². The molecule has 0 radical (unpaired) electrons. The van der Waals surface area contributed by atoms with Gasteiger partial charge in [0.25, 0.3) is 5.56 Å². The molecule has 2 rings (SSSR count). The van der Waals surface area contributed by atoms with E-state index in [0.717, 1.165) is 4.57 Å². The van der Waals surface area contributed by atoms with Gasteiger partial charge in [-0.3, -0.25) is 23.3 Å². The van der Waals surface area contributed by atoms with E-state index in [-0.39, 0.29) is 11.3 Å². The molecule has 2 heterocycles. The van der Waals surface area contributed by atoms with Gasteiger partial charge in [-0.05, 0) is 27.7 Å². The molecule has 2 aromatic rings. The van der Waals surface area contributed by atoms with Crippen molar-refractivity contribution in [2.75, 3.05) is 18.0 Å². The lowest BCUT2D eigenvalue weighted by molar-refractivity contribution is -0.119. The number of hydrogen-bond acceptors (Lipinski definition) is 5. The first-order valence-corrected chi connectivity index (χ1v) is 7.69. The lowest BCUT2D eigenvalue weighted by Gasteiger charge is -2.23. The van der Waals surface area contributed by atoms with Gasteiger partial charge in [0.1, 0.15) is 0 Å². The van der Waals surface area contributed by atoms with Gasteiger partial charge in [-0.2, -0.15) is 4.98 Å². The topological polar surface area (TPSA) is 82.1 Å². The molecule has 0 fully saturated rings. The lowest BCUT2D eigenvalue weighted by atomic mass is 10.2. The van der Waals surface area contributed by atoms with Gasteiger partial charge in [0.05, 0.1) is 6.04 Å². The Hall–Kier alpha value is -2.38. The van der Waals surface area contributed by atoms with Gasteiger partial charge in [0.15, 0.2) is 16.9 Å². The van der Waals surface area contributed by atoms with Crippen molar-refractivity contribution in [1.82, 2.24) is 18.7 Å². The van der Waals surface area contributed by atoms with E-state index in [0.29, 0.717) is 24.7 Å². The van der Waals surface area contributed by atoms with Crippen molar-refractivity contribution in [2.24, 2.45) is 14.1 Å². The molecule has 0 bridgehead atoms. The number of carbonyl (C=O) groups excluding carboxylic acids is 1. The summed E-state index contributed by atoms with van der Waals surface area (Å²) < 4.78 is 4.03. The predicted octanol–water partition coefficient (Wildman–Crippen LogP) is 0.430. The zero-order chi connectivity index (χ0) is 17.5. The van der Waals surface area contributed by atoms with Crippen LogP contribution in [0.5, 0.6) is 0 Å². The fraction of sp³-hybridized carbons (Fsp3) is 0.600. The molecule has 0 aliphatic carbocycles. The third-order valence-corrected chi connectivity index (χ3v) is 4.29. The molecule has 0 aliphatic rings. The van der Waals surface area contributed by atoms with E-state index < -0.39 is 17.3 Å². The summed E-state index contributed by atoms with van der Waals surface area (Å²) in [5, 5.41) is 0. The maximum absolute atomic E-state index is 12.6. The van der Waals surface area contributed by atoms with Crippen LogP contribution < -0.4 is 16.1 Å². The number of nitrogens with zero attached hydrogens (tertiary/aromatic N) is 5. The number of Topliss-reactive ketones (excluding diaryl/α,β-unsaturated/α-hetero) is 1. The predicted molar refractivity (Wildman–Crippen MR) is 89.2 cm³/mol. The molecule has 1 atom stereocenters. The van der Waals surface area contributed by atoms with Crippen LogP contribution in [0.15, 0.2) is 9.59 Å². The Kier molecular flexibility index (Phi) is 4.44. The molecule has 0 spiro atoms. The molecule has 8 heteroatoms. The molecule has 0 unspecified atom stereocenters. The Morgan fingerprint density at radius 2 is 1.74 bits per heavy atom. The van der Waals surface area contributed by atoms with E-state index in [4.69, 9.17) is 0 Å². The fourth-order valence-corrected chi connectivity index (χ4v) is 2.68. The zero-order valence-electron chi connectivity index (χ0n) is 14.5. The average molecular weight is 321 g/mol. The standard InChI is InChI=1S/C15H23N5O3/c1-7-19(8-2)14-16-12-11(20(14)9(3)10(4)21)13(22)18(6)15(23)17(12)5/h9H,7-8H2,1-6H3/t9-/m0/s1. The third-order valence-electron chi connectivity index (χ3n) is 4.29. The Morgan fingerprint density at radius 1 is 1.17 bits per heavy atom. The molecule has 2 aromatic heterocycles. The van der Waals surface area contributed by atoms with Crippen LogP contribution in [0.2, 0.25) is 0 Å². The highest BCUT2D eigenvalue weighted by Crippen LogP contribution is 2.24. The SMILES string of the molecule is CCN(CC)c1nc2c(c(=O)n(C)c(=O)n2C)n1[C@@H](C)C(C)=O. The van der Waals surface area contributed by atoms with Gasteiger partial charge in [-0.15, -0.1) is 0 Å². The minimum absolute atomic E-state index is 0.0754. The summed E-state index contributed by atoms with van der Waals surface area (Å²) in [6.07, 6.45) is 0. The van der Waals surface area contributed by atoms with Crippen molar-refractivity contribution in [1.29, 1.82) is 0 Å².